The van der Waals surface area contributed by atoms with Crippen LogP contribution in [0.15, 0.2) is 65.8 Å². The van der Waals surface area contributed by atoms with Crippen molar-refractivity contribution in [2.75, 3.05) is 6.61 Å². The molecule has 7 heteroatoms. The number of ether oxygens (including phenoxy) is 1. The van der Waals surface area contributed by atoms with Gasteiger partial charge in [0.2, 0.25) is 0 Å². The zero-order valence-corrected chi connectivity index (χ0v) is 15.7. The number of carbonyl (C=O) groups excluding carboxylic acids is 1. The predicted molar refractivity (Wildman–Crippen MR) is 103 cm³/mol. The van der Waals surface area contributed by atoms with Crippen molar-refractivity contribution in [3.8, 4) is 0 Å². The molecule has 0 aliphatic rings. The normalized spacial score (nSPS) is 13.2. The Bertz CT molecular complexity index is 738. The molecule has 0 saturated carbocycles. The third kappa shape index (κ3) is 4.50. The summed E-state index contributed by atoms with van der Waals surface area (Å²) in [5.41, 5.74) is 2.60. The average molecular weight is 379 g/mol. The molecule has 0 fully saturated rings. The number of halogens is 1. The van der Waals surface area contributed by atoms with E-state index in [2.05, 4.69) is 10.5 Å². The first-order valence-electron chi connectivity index (χ1n) is 7.82. The lowest BCUT2D eigenvalue weighted by Crippen LogP contribution is -2.29. The van der Waals surface area contributed by atoms with E-state index in [-0.39, 0.29) is 6.61 Å². The molecular formula is C18H20ClN2O3P. The fraction of sp³-hybridized carbons (Fsp3) is 0.222. The van der Waals surface area contributed by atoms with Gasteiger partial charge in [-0.15, -0.1) is 11.6 Å². The van der Waals surface area contributed by atoms with Crippen LogP contribution in [0.2, 0.25) is 0 Å². The predicted octanol–water partition coefficient (Wildman–Crippen LogP) is 3.69. The molecular weight excluding hydrogens is 359 g/mol. The van der Waals surface area contributed by atoms with Gasteiger partial charge in [0.15, 0.2) is 7.14 Å². The summed E-state index contributed by atoms with van der Waals surface area (Å²) in [4.78, 5) is 11.4. The smallest absolute Gasteiger partial charge is 0.427 e. The van der Waals surface area contributed by atoms with E-state index in [0.29, 0.717) is 16.3 Å². The van der Waals surface area contributed by atoms with Gasteiger partial charge in [0.25, 0.3) is 0 Å². The van der Waals surface area contributed by atoms with E-state index in [1.54, 1.807) is 38.1 Å². The van der Waals surface area contributed by atoms with Crippen LogP contribution in [0.25, 0.3) is 0 Å². The van der Waals surface area contributed by atoms with E-state index in [9.17, 15) is 9.36 Å². The highest BCUT2D eigenvalue weighted by atomic mass is 35.5. The molecule has 0 spiro atoms. The van der Waals surface area contributed by atoms with Gasteiger partial charge in [-0.05, 0) is 13.8 Å². The molecule has 0 aliphatic carbocycles. The summed E-state index contributed by atoms with van der Waals surface area (Å²) in [5, 5.41) is 4.31. The number of nitrogens with zero attached hydrogens (tertiary/aromatic N) is 1. The van der Waals surface area contributed by atoms with Gasteiger partial charge in [-0.1, -0.05) is 60.7 Å². The van der Waals surface area contributed by atoms with Crippen molar-refractivity contribution in [2.45, 2.75) is 19.0 Å². The third-order valence-electron chi connectivity index (χ3n) is 3.54. The number of nitrogens with one attached hydrogen (secondary N) is 1. The standard InChI is InChI=1S/C18H20ClN2O3P/c1-3-24-18(22)21-20-14(2)17(19)25(23,15-10-6-4-7-11-15)16-12-8-5-9-13-16/h4-13,17H,3H2,1-2H3,(H,21,22)/b20-14+. The van der Waals surface area contributed by atoms with Crippen LogP contribution in [-0.2, 0) is 9.30 Å². The monoisotopic (exact) mass is 378 g/mol. The summed E-state index contributed by atoms with van der Waals surface area (Å²) < 4.78 is 18.7. The van der Waals surface area contributed by atoms with E-state index in [0.717, 1.165) is 0 Å². The Kier molecular flexibility index (Phi) is 6.80. The van der Waals surface area contributed by atoms with E-state index >= 15 is 0 Å². The number of carbonyl (C=O) groups is 1. The maximum atomic E-state index is 14.0. The molecule has 0 aromatic heterocycles. The maximum absolute atomic E-state index is 14.0. The van der Waals surface area contributed by atoms with Crippen molar-refractivity contribution in [3.05, 3.63) is 60.7 Å². The van der Waals surface area contributed by atoms with Gasteiger partial charge in [-0.3, -0.25) is 0 Å². The van der Waals surface area contributed by atoms with Crippen LogP contribution in [-0.4, -0.2) is 23.5 Å². The lowest BCUT2D eigenvalue weighted by Gasteiger charge is -2.24. The second-order valence-corrected chi connectivity index (χ2v) is 8.86. The minimum atomic E-state index is -3.20. The molecule has 2 rings (SSSR count). The molecule has 25 heavy (non-hydrogen) atoms. The van der Waals surface area contributed by atoms with Crippen LogP contribution in [0.1, 0.15) is 13.8 Å². The third-order valence-corrected chi connectivity index (χ3v) is 7.83. The Hall–Kier alpha value is -2.10. The maximum Gasteiger partial charge on any atom is 0.427 e. The van der Waals surface area contributed by atoms with E-state index in [4.69, 9.17) is 16.3 Å². The van der Waals surface area contributed by atoms with Gasteiger partial charge in [-0.25, -0.2) is 10.2 Å². The van der Waals surface area contributed by atoms with E-state index in [1.807, 2.05) is 36.4 Å². The Morgan fingerprint density at radius 3 is 2.04 bits per heavy atom. The minimum Gasteiger partial charge on any atom is -0.449 e. The van der Waals surface area contributed by atoms with E-state index < -0.39 is 18.4 Å². The fourth-order valence-electron chi connectivity index (χ4n) is 2.32. The molecule has 1 atom stereocenters. The molecule has 132 valence electrons. The number of benzene rings is 2. The molecule has 1 N–H and O–H groups in total. The van der Waals surface area contributed by atoms with Gasteiger partial charge in [0.05, 0.1) is 12.3 Å². The van der Waals surface area contributed by atoms with E-state index in [1.165, 1.54) is 0 Å². The quantitative estimate of drug-likeness (QED) is 0.361. The zero-order valence-electron chi connectivity index (χ0n) is 14.1. The summed E-state index contributed by atoms with van der Waals surface area (Å²) >= 11 is 6.58. The number of hydrazone groups is 1. The van der Waals surface area contributed by atoms with Crippen molar-refractivity contribution >= 4 is 41.2 Å². The first-order valence-corrected chi connectivity index (χ1v) is 10.0. The second kappa shape index (κ2) is 8.84. The van der Waals surface area contributed by atoms with Crippen molar-refractivity contribution in [3.63, 3.8) is 0 Å². The molecule has 2 aromatic rings. The van der Waals surface area contributed by atoms with Gasteiger partial charge in [0.1, 0.15) is 5.12 Å². The topological polar surface area (TPSA) is 67.8 Å². The Balaban J connectivity index is 2.41. The molecule has 0 bridgehead atoms. The highest BCUT2D eigenvalue weighted by Crippen LogP contribution is 2.50. The van der Waals surface area contributed by atoms with Crippen LogP contribution in [0.3, 0.4) is 0 Å². The molecule has 1 unspecified atom stereocenters. The van der Waals surface area contributed by atoms with Crippen LogP contribution >= 0.6 is 18.7 Å². The first kappa shape index (κ1) is 19.2. The Morgan fingerprint density at radius 1 is 1.12 bits per heavy atom. The molecule has 1 amide bonds. The van der Waals surface area contributed by atoms with Gasteiger partial charge in [0, 0.05) is 10.6 Å². The van der Waals surface area contributed by atoms with Crippen LogP contribution in [0.5, 0.6) is 0 Å². The van der Waals surface area contributed by atoms with Crippen molar-refractivity contribution in [1.82, 2.24) is 5.43 Å². The van der Waals surface area contributed by atoms with Crippen molar-refractivity contribution in [1.29, 1.82) is 0 Å². The molecule has 0 radical (unpaired) electrons. The molecule has 0 heterocycles. The fourth-order valence-corrected chi connectivity index (χ4v) is 5.68. The summed E-state index contributed by atoms with van der Waals surface area (Å²) in [6.45, 7) is 3.55. The van der Waals surface area contributed by atoms with Gasteiger partial charge >= 0.3 is 6.09 Å². The Labute approximate surface area is 152 Å². The largest absolute Gasteiger partial charge is 0.449 e. The number of amides is 1. The SMILES string of the molecule is CCOC(=O)N/N=C(\C)C(Cl)P(=O)(c1ccccc1)c1ccccc1. The molecule has 0 saturated heterocycles. The van der Waals surface area contributed by atoms with Crippen molar-refractivity contribution < 1.29 is 14.1 Å². The van der Waals surface area contributed by atoms with Crippen LogP contribution in [0, 0.1) is 0 Å². The number of hydrogen-bond donors (Lipinski definition) is 1. The van der Waals surface area contributed by atoms with Crippen molar-refractivity contribution in [2.24, 2.45) is 5.10 Å². The van der Waals surface area contributed by atoms with Gasteiger partial charge < -0.3 is 9.30 Å². The lowest BCUT2D eigenvalue weighted by molar-refractivity contribution is 0.152. The summed E-state index contributed by atoms with van der Waals surface area (Å²) in [6, 6.07) is 18.1. The minimum absolute atomic E-state index is 0.233. The molecule has 2 aromatic carbocycles. The van der Waals surface area contributed by atoms with Crippen LogP contribution < -0.4 is 16.0 Å². The average Bonchev–Trinajstić information content (AvgIpc) is 2.66. The molecule has 5 nitrogen and oxygen atoms in total. The lowest BCUT2D eigenvalue weighted by atomic mass is 10.4. The summed E-state index contributed by atoms with van der Waals surface area (Å²) in [6.07, 6.45) is -0.681. The highest BCUT2D eigenvalue weighted by Gasteiger charge is 2.37. The number of rotatable bonds is 6. The first-order chi connectivity index (χ1) is 12.0. The van der Waals surface area contributed by atoms with Gasteiger partial charge in [-0.2, -0.15) is 5.10 Å². The van der Waals surface area contributed by atoms with Crippen LogP contribution in [0.4, 0.5) is 4.79 Å². The summed E-state index contributed by atoms with van der Waals surface area (Å²) in [7, 11) is -3.20. The highest BCUT2D eigenvalue weighted by molar-refractivity contribution is 7.81. The number of alkyl halides is 1. The zero-order chi connectivity index (χ0) is 18.3. The Morgan fingerprint density at radius 2 is 1.60 bits per heavy atom. The number of hydrogen-bond acceptors (Lipinski definition) is 4. The second-order valence-electron chi connectivity index (χ2n) is 5.25. The summed E-state index contributed by atoms with van der Waals surface area (Å²) in [5.74, 6) is 0. The molecule has 0 aliphatic heterocycles.